The number of carbonyl (C=O) groups excluding carboxylic acids is 1. The summed E-state index contributed by atoms with van der Waals surface area (Å²) in [5.41, 5.74) is 4.25. The van der Waals surface area contributed by atoms with Crippen LogP contribution in [0.3, 0.4) is 0 Å². The van der Waals surface area contributed by atoms with Crippen LogP contribution < -0.4 is 4.90 Å². The summed E-state index contributed by atoms with van der Waals surface area (Å²) < 4.78 is 0. The summed E-state index contributed by atoms with van der Waals surface area (Å²) in [7, 11) is 0. The van der Waals surface area contributed by atoms with Crippen LogP contribution in [0.2, 0.25) is 0 Å². The van der Waals surface area contributed by atoms with E-state index in [1.54, 1.807) is 0 Å². The number of aromatic amines is 1. The summed E-state index contributed by atoms with van der Waals surface area (Å²) in [6, 6.07) is 16.2. The standard InChI is InChI=1S/C19H20N2O/c1-3-21(16-8-6-7-14(2)11-16)19(22)12-15-13-20-18-10-5-4-9-17(15)18/h4-11,13,20H,3,12H2,1-2H3. The summed E-state index contributed by atoms with van der Waals surface area (Å²) in [6.45, 7) is 4.72. The zero-order valence-electron chi connectivity index (χ0n) is 13.0. The van der Waals surface area contributed by atoms with Crippen LogP contribution in [0.4, 0.5) is 5.69 Å². The average Bonchev–Trinajstić information content (AvgIpc) is 2.91. The van der Waals surface area contributed by atoms with E-state index in [0.29, 0.717) is 13.0 Å². The topological polar surface area (TPSA) is 36.1 Å². The summed E-state index contributed by atoms with van der Waals surface area (Å²) in [4.78, 5) is 17.8. The van der Waals surface area contributed by atoms with Gasteiger partial charge in [0, 0.05) is 29.3 Å². The number of fused-ring (bicyclic) bond motifs is 1. The molecule has 0 saturated carbocycles. The van der Waals surface area contributed by atoms with Gasteiger partial charge in [0.25, 0.3) is 0 Å². The first-order valence-electron chi connectivity index (χ1n) is 7.61. The average molecular weight is 292 g/mol. The molecule has 3 nitrogen and oxygen atoms in total. The SMILES string of the molecule is CCN(C(=O)Cc1c[nH]c2ccccc12)c1cccc(C)c1. The number of hydrogen-bond donors (Lipinski definition) is 1. The predicted molar refractivity (Wildman–Crippen MR) is 91.2 cm³/mol. The van der Waals surface area contributed by atoms with Crippen molar-refractivity contribution in [3.63, 3.8) is 0 Å². The molecule has 0 bridgehead atoms. The molecule has 0 aliphatic carbocycles. The molecule has 1 N–H and O–H groups in total. The third kappa shape index (κ3) is 2.75. The minimum atomic E-state index is 0.123. The van der Waals surface area contributed by atoms with Gasteiger partial charge in [-0.1, -0.05) is 30.3 Å². The van der Waals surface area contributed by atoms with Gasteiger partial charge in [-0.2, -0.15) is 0 Å². The number of nitrogens with one attached hydrogen (secondary N) is 1. The number of rotatable bonds is 4. The second kappa shape index (κ2) is 6.06. The highest BCUT2D eigenvalue weighted by Gasteiger charge is 2.16. The van der Waals surface area contributed by atoms with E-state index in [2.05, 4.69) is 17.1 Å². The fourth-order valence-electron chi connectivity index (χ4n) is 2.84. The van der Waals surface area contributed by atoms with Crippen LogP contribution in [0.1, 0.15) is 18.1 Å². The van der Waals surface area contributed by atoms with Crippen molar-refractivity contribution in [3.05, 3.63) is 65.9 Å². The Kier molecular flexibility index (Phi) is 3.96. The molecular formula is C19H20N2O. The van der Waals surface area contributed by atoms with Gasteiger partial charge in [-0.25, -0.2) is 0 Å². The van der Waals surface area contributed by atoms with E-state index >= 15 is 0 Å². The smallest absolute Gasteiger partial charge is 0.231 e. The van der Waals surface area contributed by atoms with Crippen LogP contribution in [0.15, 0.2) is 54.7 Å². The minimum Gasteiger partial charge on any atom is -0.361 e. The summed E-state index contributed by atoms with van der Waals surface area (Å²) >= 11 is 0. The van der Waals surface area contributed by atoms with Crippen molar-refractivity contribution >= 4 is 22.5 Å². The number of anilines is 1. The maximum atomic E-state index is 12.7. The van der Waals surface area contributed by atoms with Gasteiger partial charge < -0.3 is 9.88 Å². The van der Waals surface area contributed by atoms with Crippen LogP contribution in [0.5, 0.6) is 0 Å². The van der Waals surface area contributed by atoms with E-state index in [1.807, 2.05) is 61.3 Å². The predicted octanol–water partition coefficient (Wildman–Crippen LogP) is 4.07. The molecule has 0 unspecified atom stereocenters. The molecular weight excluding hydrogens is 272 g/mol. The molecule has 0 aliphatic heterocycles. The number of amides is 1. The van der Waals surface area contributed by atoms with Crippen molar-refractivity contribution in [2.45, 2.75) is 20.3 Å². The lowest BCUT2D eigenvalue weighted by Crippen LogP contribution is -2.31. The lowest BCUT2D eigenvalue weighted by atomic mass is 10.1. The van der Waals surface area contributed by atoms with Gasteiger partial charge >= 0.3 is 0 Å². The molecule has 1 heterocycles. The summed E-state index contributed by atoms with van der Waals surface area (Å²) in [6.07, 6.45) is 2.35. The first kappa shape index (κ1) is 14.4. The van der Waals surface area contributed by atoms with Gasteiger partial charge in [0.1, 0.15) is 0 Å². The fourth-order valence-corrected chi connectivity index (χ4v) is 2.84. The van der Waals surface area contributed by atoms with Gasteiger partial charge in [0.15, 0.2) is 0 Å². The van der Waals surface area contributed by atoms with Crippen LogP contribution in [0, 0.1) is 6.92 Å². The van der Waals surface area contributed by atoms with Crippen LogP contribution in [-0.4, -0.2) is 17.4 Å². The van der Waals surface area contributed by atoms with E-state index < -0.39 is 0 Å². The van der Waals surface area contributed by atoms with Crippen LogP contribution in [-0.2, 0) is 11.2 Å². The van der Waals surface area contributed by atoms with Crippen molar-refractivity contribution in [3.8, 4) is 0 Å². The number of carbonyl (C=O) groups is 1. The molecule has 3 rings (SSSR count). The van der Waals surface area contributed by atoms with E-state index in [9.17, 15) is 4.79 Å². The van der Waals surface area contributed by atoms with Gasteiger partial charge in [-0.05, 0) is 43.2 Å². The molecule has 0 atom stereocenters. The molecule has 22 heavy (non-hydrogen) atoms. The molecule has 2 aromatic carbocycles. The lowest BCUT2D eigenvalue weighted by Gasteiger charge is -2.21. The maximum Gasteiger partial charge on any atom is 0.231 e. The van der Waals surface area contributed by atoms with Crippen molar-refractivity contribution in [2.75, 3.05) is 11.4 Å². The molecule has 1 amide bonds. The van der Waals surface area contributed by atoms with Crippen LogP contribution in [0.25, 0.3) is 10.9 Å². The van der Waals surface area contributed by atoms with E-state index in [1.165, 1.54) is 0 Å². The normalized spacial score (nSPS) is 10.8. The maximum absolute atomic E-state index is 12.7. The van der Waals surface area contributed by atoms with Gasteiger partial charge in [0.2, 0.25) is 5.91 Å². The Hall–Kier alpha value is -2.55. The number of benzene rings is 2. The molecule has 1 aromatic heterocycles. The minimum absolute atomic E-state index is 0.123. The summed E-state index contributed by atoms with van der Waals surface area (Å²) in [5.74, 6) is 0.123. The van der Waals surface area contributed by atoms with Gasteiger partial charge in [0.05, 0.1) is 6.42 Å². The third-order valence-corrected chi connectivity index (χ3v) is 3.95. The highest BCUT2D eigenvalue weighted by atomic mass is 16.2. The van der Waals surface area contributed by atoms with Crippen molar-refractivity contribution < 1.29 is 4.79 Å². The van der Waals surface area contributed by atoms with Crippen molar-refractivity contribution in [1.82, 2.24) is 4.98 Å². The Morgan fingerprint density at radius 3 is 2.73 bits per heavy atom. The molecule has 0 spiro atoms. The molecule has 0 fully saturated rings. The number of aromatic nitrogens is 1. The monoisotopic (exact) mass is 292 g/mol. The Balaban J connectivity index is 1.86. The Labute approximate surface area is 130 Å². The largest absolute Gasteiger partial charge is 0.361 e. The molecule has 0 aliphatic rings. The Morgan fingerprint density at radius 2 is 1.95 bits per heavy atom. The Bertz CT molecular complexity index is 804. The number of aryl methyl sites for hydroxylation is 1. The second-order valence-corrected chi connectivity index (χ2v) is 5.51. The zero-order chi connectivity index (χ0) is 15.5. The van der Waals surface area contributed by atoms with E-state index in [0.717, 1.165) is 27.7 Å². The third-order valence-electron chi connectivity index (χ3n) is 3.95. The number of para-hydroxylation sites is 1. The van der Waals surface area contributed by atoms with Gasteiger partial charge in [-0.15, -0.1) is 0 Å². The van der Waals surface area contributed by atoms with Gasteiger partial charge in [-0.3, -0.25) is 4.79 Å². The molecule has 3 aromatic rings. The van der Waals surface area contributed by atoms with Crippen LogP contribution >= 0.6 is 0 Å². The second-order valence-electron chi connectivity index (χ2n) is 5.51. The highest BCUT2D eigenvalue weighted by Crippen LogP contribution is 2.21. The van der Waals surface area contributed by atoms with E-state index in [-0.39, 0.29) is 5.91 Å². The number of hydrogen-bond acceptors (Lipinski definition) is 1. The number of H-pyrrole nitrogens is 1. The number of likely N-dealkylation sites (N-methyl/N-ethyl adjacent to an activating group) is 1. The first-order valence-corrected chi connectivity index (χ1v) is 7.61. The first-order chi connectivity index (χ1) is 10.7. The van der Waals surface area contributed by atoms with Crippen molar-refractivity contribution in [1.29, 1.82) is 0 Å². The molecule has 0 radical (unpaired) electrons. The molecule has 3 heteroatoms. The zero-order valence-corrected chi connectivity index (χ0v) is 13.0. The fraction of sp³-hybridized carbons (Fsp3) is 0.211. The lowest BCUT2D eigenvalue weighted by molar-refractivity contribution is -0.117. The molecule has 112 valence electrons. The van der Waals surface area contributed by atoms with E-state index in [4.69, 9.17) is 0 Å². The number of nitrogens with zero attached hydrogens (tertiary/aromatic N) is 1. The quantitative estimate of drug-likeness (QED) is 0.773. The molecule has 0 saturated heterocycles. The summed E-state index contributed by atoms with van der Waals surface area (Å²) in [5, 5.41) is 1.12. The highest BCUT2D eigenvalue weighted by molar-refractivity contribution is 5.97. The Morgan fingerprint density at radius 1 is 1.14 bits per heavy atom. The van der Waals surface area contributed by atoms with Crippen molar-refractivity contribution in [2.24, 2.45) is 0 Å².